The highest BCUT2D eigenvalue weighted by Gasteiger charge is 2.39. The van der Waals surface area contributed by atoms with Crippen molar-refractivity contribution in [2.75, 3.05) is 33.5 Å². The molecule has 0 aromatic heterocycles. The topological polar surface area (TPSA) is 82.8 Å². The average molecular weight is 401 g/mol. The predicted octanol–water partition coefficient (Wildman–Crippen LogP) is 3.08. The van der Waals surface area contributed by atoms with E-state index in [-0.39, 0.29) is 24.4 Å². The first kappa shape index (κ1) is 23.5. The van der Waals surface area contributed by atoms with Gasteiger partial charge in [0, 0.05) is 19.8 Å². The van der Waals surface area contributed by atoms with Crippen LogP contribution in [0.15, 0.2) is 18.2 Å². The molecule has 1 aliphatic rings. The molecular formula is C20H33ClN2O4. The Kier molecular flexibility index (Phi) is 9.36. The first-order chi connectivity index (χ1) is 12.4. The second-order valence-corrected chi connectivity index (χ2v) is 7.41. The number of carbonyl (C=O) groups excluding carboxylic acids is 1. The van der Waals surface area contributed by atoms with Gasteiger partial charge < -0.3 is 25.3 Å². The Labute approximate surface area is 168 Å². The van der Waals surface area contributed by atoms with Crippen molar-refractivity contribution in [1.82, 2.24) is 5.32 Å². The molecule has 154 valence electrons. The van der Waals surface area contributed by atoms with Gasteiger partial charge in [-0.2, -0.15) is 0 Å². The first-order valence-corrected chi connectivity index (χ1v) is 9.31. The van der Waals surface area contributed by atoms with Crippen LogP contribution < -0.4 is 20.5 Å². The van der Waals surface area contributed by atoms with Crippen molar-refractivity contribution in [2.24, 2.45) is 17.1 Å². The minimum atomic E-state index is -0.531. The van der Waals surface area contributed by atoms with Crippen LogP contribution >= 0.6 is 12.4 Å². The zero-order valence-corrected chi connectivity index (χ0v) is 17.6. The van der Waals surface area contributed by atoms with Crippen molar-refractivity contribution in [2.45, 2.75) is 39.7 Å². The lowest BCUT2D eigenvalue weighted by Gasteiger charge is -2.35. The van der Waals surface area contributed by atoms with E-state index < -0.39 is 5.41 Å². The van der Waals surface area contributed by atoms with Gasteiger partial charge in [-0.05, 0) is 43.4 Å². The molecule has 27 heavy (non-hydrogen) atoms. The summed E-state index contributed by atoms with van der Waals surface area (Å²) in [6, 6.07) is 5.62. The van der Waals surface area contributed by atoms with E-state index in [0.29, 0.717) is 56.6 Å². The van der Waals surface area contributed by atoms with Crippen molar-refractivity contribution >= 4 is 18.3 Å². The van der Waals surface area contributed by atoms with Gasteiger partial charge in [-0.3, -0.25) is 4.79 Å². The highest BCUT2D eigenvalue weighted by molar-refractivity contribution is 5.85. The van der Waals surface area contributed by atoms with Crippen molar-refractivity contribution in [3.63, 3.8) is 0 Å². The van der Waals surface area contributed by atoms with Gasteiger partial charge in [-0.25, -0.2) is 0 Å². The van der Waals surface area contributed by atoms with Crippen molar-refractivity contribution < 1.29 is 19.0 Å². The molecule has 0 bridgehead atoms. The standard InChI is InChI=1S/C20H32N2O4.ClH/c1-14(2)12-26-17-6-5-16(11-18(17)24-4)15(3)22-19(23)20(13-21)7-9-25-10-8-20;/h5-6,11,14-15H,7-10,12-13,21H2,1-4H3,(H,22,23);1H. The smallest absolute Gasteiger partial charge is 0.228 e. The van der Waals surface area contributed by atoms with E-state index in [4.69, 9.17) is 19.9 Å². The van der Waals surface area contributed by atoms with Gasteiger partial charge in [0.05, 0.1) is 25.2 Å². The number of rotatable bonds is 8. The van der Waals surface area contributed by atoms with Gasteiger partial charge in [0.25, 0.3) is 0 Å². The Bertz CT molecular complexity index is 604. The molecular weight excluding hydrogens is 368 g/mol. The molecule has 1 heterocycles. The van der Waals surface area contributed by atoms with E-state index in [0.717, 1.165) is 5.56 Å². The highest BCUT2D eigenvalue weighted by atomic mass is 35.5. The molecule has 1 aromatic rings. The molecule has 0 aliphatic carbocycles. The van der Waals surface area contributed by atoms with Crippen LogP contribution in [0.5, 0.6) is 11.5 Å². The Hall–Kier alpha value is -1.50. The largest absolute Gasteiger partial charge is 0.493 e. The summed E-state index contributed by atoms with van der Waals surface area (Å²) >= 11 is 0. The number of hydrogen-bond acceptors (Lipinski definition) is 5. The van der Waals surface area contributed by atoms with Crippen LogP contribution in [0.1, 0.15) is 45.2 Å². The van der Waals surface area contributed by atoms with Crippen molar-refractivity contribution in [1.29, 1.82) is 0 Å². The average Bonchev–Trinajstić information content (AvgIpc) is 2.66. The van der Waals surface area contributed by atoms with Crippen LogP contribution in [-0.4, -0.2) is 39.4 Å². The van der Waals surface area contributed by atoms with E-state index in [1.165, 1.54) is 0 Å². The van der Waals surface area contributed by atoms with Gasteiger partial charge in [0.15, 0.2) is 11.5 Å². The lowest BCUT2D eigenvalue weighted by molar-refractivity contribution is -0.136. The van der Waals surface area contributed by atoms with Crippen molar-refractivity contribution in [3.05, 3.63) is 23.8 Å². The van der Waals surface area contributed by atoms with Crippen LogP contribution in [0.4, 0.5) is 0 Å². The molecule has 3 N–H and O–H groups in total. The maximum absolute atomic E-state index is 12.8. The number of methoxy groups -OCH3 is 1. The van der Waals surface area contributed by atoms with Gasteiger partial charge >= 0.3 is 0 Å². The zero-order chi connectivity index (χ0) is 19.2. The number of hydrogen-bond donors (Lipinski definition) is 2. The van der Waals surface area contributed by atoms with E-state index in [1.807, 2.05) is 25.1 Å². The van der Waals surface area contributed by atoms with Crippen LogP contribution in [0.25, 0.3) is 0 Å². The van der Waals surface area contributed by atoms with Crippen LogP contribution in [0.3, 0.4) is 0 Å². The number of halogens is 1. The number of benzene rings is 1. The van der Waals surface area contributed by atoms with Gasteiger partial charge in [0.2, 0.25) is 5.91 Å². The number of nitrogens with one attached hydrogen (secondary N) is 1. The summed E-state index contributed by atoms with van der Waals surface area (Å²) in [5, 5.41) is 3.11. The lowest BCUT2D eigenvalue weighted by atomic mass is 9.79. The Balaban J connectivity index is 0.00000364. The molecule has 0 radical (unpaired) electrons. The van der Waals surface area contributed by atoms with Crippen LogP contribution in [-0.2, 0) is 9.53 Å². The molecule has 1 aromatic carbocycles. The van der Waals surface area contributed by atoms with E-state index >= 15 is 0 Å². The summed E-state index contributed by atoms with van der Waals surface area (Å²) in [5.41, 5.74) is 6.36. The number of nitrogens with two attached hydrogens (primary N) is 1. The van der Waals surface area contributed by atoms with Gasteiger partial charge in [-0.1, -0.05) is 19.9 Å². The fraction of sp³-hybridized carbons (Fsp3) is 0.650. The monoisotopic (exact) mass is 400 g/mol. The third-order valence-electron chi connectivity index (χ3n) is 4.93. The zero-order valence-electron chi connectivity index (χ0n) is 16.7. The molecule has 1 unspecified atom stereocenters. The Morgan fingerprint density at radius 2 is 1.93 bits per heavy atom. The summed E-state index contributed by atoms with van der Waals surface area (Å²) in [4.78, 5) is 12.8. The molecule has 1 aliphatic heterocycles. The quantitative estimate of drug-likeness (QED) is 0.700. The lowest BCUT2D eigenvalue weighted by Crippen LogP contribution is -2.49. The maximum Gasteiger partial charge on any atom is 0.228 e. The molecule has 1 saturated heterocycles. The van der Waals surface area contributed by atoms with Crippen LogP contribution in [0.2, 0.25) is 0 Å². The summed E-state index contributed by atoms with van der Waals surface area (Å²) in [6.45, 7) is 8.28. The summed E-state index contributed by atoms with van der Waals surface area (Å²) in [6.07, 6.45) is 1.32. The number of carbonyl (C=O) groups is 1. The normalized spacial score (nSPS) is 17.0. The molecule has 1 atom stereocenters. The molecule has 7 heteroatoms. The molecule has 1 amide bonds. The van der Waals surface area contributed by atoms with E-state index in [9.17, 15) is 4.79 Å². The molecule has 0 spiro atoms. The number of amides is 1. The Morgan fingerprint density at radius 1 is 1.26 bits per heavy atom. The third kappa shape index (κ3) is 5.99. The molecule has 0 saturated carbocycles. The maximum atomic E-state index is 12.8. The molecule has 2 rings (SSSR count). The second kappa shape index (κ2) is 10.7. The van der Waals surface area contributed by atoms with Gasteiger partial charge in [-0.15, -0.1) is 12.4 Å². The van der Waals surface area contributed by atoms with Crippen LogP contribution in [0, 0.1) is 11.3 Å². The third-order valence-corrected chi connectivity index (χ3v) is 4.93. The first-order valence-electron chi connectivity index (χ1n) is 9.31. The molecule has 6 nitrogen and oxygen atoms in total. The highest BCUT2D eigenvalue weighted by Crippen LogP contribution is 2.33. The SMILES string of the molecule is COc1cc(C(C)NC(=O)C2(CN)CCOCC2)ccc1OCC(C)C.Cl. The minimum Gasteiger partial charge on any atom is -0.493 e. The Morgan fingerprint density at radius 3 is 2.48 bits per heavy atom. The molecule has 1 fully saturated rings. The fourth-order valence-corrected chi connectivity index (χ4v) is 3.05. The van der Waals surface area contributed by atoms with E-state index in [1.54, 1.807) is 7.11 Å². The summed E-state index contributed by atoms with van der Waals surface area (Å²) in [7, 11) is 1.62. The second-order valence-electron chi connectivity index (χ2n) is 7.41. The van der Waals surface area contributed by atoms with Gasteiger partial charge in [0.1, 0.15) is 0 Å². The number of ether oxygens (including phenoxy) is 3. The van der Waals surface area contributed by atoms with Crippen molar-refractivity contribution in [3.8, 4) is 11.5 Å². The minimum absolute atomic E-state index is 0. The predicted molar refractivity (Wildman–Crippen MR) is 109 cm³/mol. The summed E-state index contributed by atoms with van der Waals surface area (Å²) in [5.74, 6) is 1.81. The fourth-order valence-electron chi connectivity index (χ4n) is 3.05. The summed E-state index contributed by atoms with van der Waals surface area (Å²) < 4.78 is 16.6. The van der Waals surface area contributed by atoms with E-state index in [2.05, 4.69) is 19.2 Å².